The molecule has 1 heterocycles. The van der Waals surface area contributed by atoms with E-state index < -0.39 is 0 Å². The van der Waals surface area contributed by atoms with Gasteiger partial charge in [-0.1, -0.05) is 91.0 Å². The van der Waals surface area contributed by atoms with Gasteiger partial charge >= 0.3 is 0 Å². The van der Waals surface area contributed by atoms with Crippen LogP contribution in [0.3, 0.4) is 0 Å². The molecule has 0 atom stereocenters. The van der Waals surface area contributed by atoms with Gasteiger partial charge in [-0.05, 0) is 16.7 Å². The molecule has 3 aromatic carbocycles. The summed E-state index contributed by atoms with van der Waals surface area (Å²) in [5, 5.41) is 4.03. The van der Waals surface area contributed by atoms with E-state index in [-0.39, 0.29) is 11.9 Å². The van der Waals surface area contributed by atoms with Gasteiger partial charge in [0.1, 0.15) is 5.82 Å². The molecule has 0 aliphatic carbocycles. The van der Waals surface area contributed by atoms with Gasteiger partial charge in [0, 0.05) is 44.6 Å². The van der Waals surface area contributed by atoms with Crippen LogP contribution in [0, 0.1) is 0 Å². The van der Waals surface area contributed by atoms with Crippen molar-refractivity contribution in [1.82, 2.24) is 14.7 Å². The molecule has 0 aliphatic heterocycles. The first-order chi connectivity index (χ1) is 17.2. The number of carbonyl (C=O) groups excluding carboxylic acids is 1. The quantitative estimate of drug-likeness (QED) is 0.309. The molecule has 0 spiro atoms. The van der Waals surface area contributed by atoms with Gasteiger partial charge in [-0.25, -0.2) is 4.98 Å². The predicted molar refractivity (Wildman–Crippen MR) is 141 cm³/mol. The van der Waals surface area contributed by atoms with Crippen molar-refractivity contribution in [2.75, 3.05) is 31.7 Å². The van der Waals surface area contributed by atoms with Crippen LogP contribution in [-0.4, -0.2) is 42.1 Å². The maximum atomic E-state index is 13.1. The Morgan fingerprint density at radius 2 is 1.51 bits per heavy atom. The van der Waals surface area contributed by atoms with Gasteiger partial charge < -0.3 is 15.0 Å². The second kappa shape index (κ2) is 12.8. The summed E-state index contributed by atoms with van der Waals surface area (Å²) in [6.45, 7) is 1.72. The Hall–Kier alpha value is -3.55. The maximum absolute atomic E-state index is 13.1. The van der Waals surface area contributed by atoms with Gasteiger partial charge in [0.2, 0.25) is 11.0 Å². The van der Waals surface area contributed by atoms with E-state index in [2.05, 4.69) is 26.7 Å². The van der Waals surface area contributed by atoms with Gasteiger partial charge in [0.05, 0.1) is 12.6 Å². The van der Waals surface area contributed by atoms with Crippen LogP contribution in [0.1, 0.15) is 35.0 Å². The first kappa shape index (κ1) is 24.6. The Kier molecular flexibility index (Phi) is 8.98. The number of hydrogen-bond donors (Lipinski definition) is 1. The highest BCUT2D eigenvalue weighted by atomic mass is 32.1. The highest BCUT2D eigenvalue weighted by Gasteiger charge is 2.19. The van der Waals surface area contributed by atoms with Crippen molar-refractivity contribution in [3.05, 3.63) is 114 Å². The van der Waals surface area contributed by atoms with Crippen LogP contribution in [0.15, 0.2) is 91.0 Å². The minimum absolute atomic E-state index is 0.0147. The first-order valence-electron chi connectivity index (χ1n) is 11.7. The lowest BCUT2D eigenvalue weighted by atomic mass is 9.98. The number of nitrogens with one attached hydrogen (secondary N) is 1. The average molecular weight is 487 g/mol. The zero-order valence-corrected chi connectivity index (χ0v) is 20.7. The second-order valence-corrected chi connectivity index (χ2v) is 8.94. The van der Waals surface area contributed by atoms with Crippen LogP contribution >= 0.6 is 11.5 Å². The Balaban J connectivity index is 1.41. The Bertz CT molecular complexity index is 1130. The molecule has 6 nitrogen and oxygen atoms in total. The molecule has 1 N–H and O–H groups in total. The number of nitrogens with zero attached hydrogens (tertiary/aromatic N) is 3. The van der Waals surface area contributed by atoms with Crippen LogP contribution < -0.4 is 10.2 Å². The smallest absolute Gasteiger partial charge is 0.222 e. The number of hydrogen-bond acceptors (Lipinski definition) is 6. The largest absolute Gasteiger partial charge is 0.383 e. The van der Waals surface area contributed by atoms with E-state index >= 15 is 0 Å². The minimum atomic E-state index is -0.198. The molecule has 1 amide bonds. The van der Waals surface area contributed by atoms with Gasteiger partial charge in [-0.3, -0.25) is 4.79 Å². The maximum Gasteiger partial charge on any atom is 0.222 e. The van der Waals surface area contributed by atoms with Crippen molar-refractivity contribution in [3.63, 3.8) is 0 Å². The number of anilines is 1. The minimum Gasteiger partial charge on any atom is -0.383 e. The molecule has 0 bridgehead atoms. The van der Waals surface area contributed by atoms with Crippen LogP contribution in [0.25, 0.3) is 0 Å². The molecular weight excluding hydrogens is 456 g/mol. The third-order valence-electron chi connectivity index (χ3n) is 5.68. The summed E-state index contributed by atoms with van der Waals surface area (Å²) in [5.41, 5.74) is 3.28. The molecule has 180 valence electrons. The molecule has 0 saturated heterocycles. The summed E-state index contributed by atoms with van der Waals surface area (Å²) >= 11 is 1.36. The number of rotatable bonds is 12. The normalized spacial score (nSPS) is 10.9. The zero-order chi connectivity index (χ0) is 24.3. The monoisotopic (exact) mass is 486 g/mol. The highest BCUT2D eigenvalue weighted by Crippen LogP contribution is 2.23. The predicted octanol–water partition coefficient (Wildman–Crippen LogP) is 4.88. The molecule has 4 aromatic rings. The molecule has 0 unspecified atom stereocenters. The number of amides is 1. The van der Waals surface area contributed by atoms with E-state index in [1.165, 1.54) is 17.1 Å². The molecule has 0 radical (unpaired) electrons. The molecule has 35 heavy (non-hydrogen) atoms. The van der Waals surface area contributed by atoms with Crippen molar-refractivity contribution in [2.24, 2.45) is 0 Å². The summed E-state index contributed by atoms with van der Waals surface area (Å²) in [4.78, 5) is 19.9. The summed E-state index contributed by atoms with van der Waals surface area (Å²) in [7, 11) is 1.68. The van der Waals surface area contributed by atoms with E-state index in [4.69, 9.17) is 9.72 Å². The van der Waals surface area contributed by atoms with E-state index in [1.54, 1.807) is 7.11 Å². The van der Waals surface area contributed by atoms with Crippen molar-refractivity contribution in [2.45, 2.75) is 18.9 Å². The lowest BCUT2D eigenvalue weighted by Gasteiger charge is -2.23. The number of benzene rings is 3. The summed E-state index contributed by atoms with van der Waals surface area (Å²) in [6.07, 6.45) is 1.03. The third kappa shape index (κ3) is 7.21. The Morgan fingerprint density at radius 3 is 2.11 bits per heavy atom. The second-order valence-electron chi connectivity index (χ2n) is 8.21. The number of methoxy groups -OCH3 is 1. The Morgan fingerprint density at radius 1 is 0.914 bits per heavy atom. The topological polar surface area (TPSA) is 67.3 Å². The highest BCUT2D eigenvalue weighted by molar-refractivity contribution is 7.09. The van der Waals surface area contributed by atoms with E-state index in [1.807, 2.05) is 78.9 Å². The molecule has 0 fully saturated rings. The fraction of sp³-hybridized carbons (Fsp3) is 0.250. The van der Waals surface area contributed by atoms with Gasteiger partial charge in [-0.2, -0.15) is 4.37 Å². The van der Waals surface area contributed by atoms with Crippen molar-refractivity contribution in [1.29, 1.82) is 0 Å². The van der Waals surface area contributed by atoms with Gasteiger partial charge in [0.15, 0.2) is 0 Å². The lowest BCUT2D eigenvalue weighted by Crippen LogP contribution is -2.34. The fourth-order valence-electron chi connectivity index (χ4n) is 3.85. The van der Waals surface area contributed by atoms with Crippen molar-refractivity contribution < 1.29 is 9.53 Å². The van der Waals surface area contributed by atoms with Crippen LogP contribution in [0.2, 0.25) is 0 Å². The van der Waals surface area contributed by atoms with Gasteiger partial charge in [-0.15, -0.1) is 0 Å². The van der Waals surface area contributed by atoms with Crippen LogP contribution in [0.4, 0.5) is 5.13 Å². The van der Waals surface area contributed by atoms with Crippen LogP contribution in [-0.2, 0) is 16.0 Å². The van der Waals surface area contributed by atoms with Crippen molar-refractivity contribution >= 4 is 22.6 Å². The van der Waals surface area contributed by atoms with E-state index in [9.17, 15) is 4.79 Å². The van der Waals surface area contributed by atoms with Crippen molar-refractivity contribution in [3.8, 4) is 0 Å². The lowest BCUT2D eigenvalue weighted by molar-refractivity contribution is -0.121. The first-order valence-corrected chi connectivity index (χ1v) is 12.5. The molecule has 7 heteroatoms. The average Bonchev–Trinajstić information content (AvgIpc) is 3.37. The van der Waals surface area contributed by atoms with Gasteiger partial charge in [0.25, 0.3) is 0 Å². The van der Waals surface area contributed by atoms with Crippen LogP contribution in [0.5, 0.6) is 0 Å². The number of aromatic nitrogens is 2. The molecule has 0 saturated carbocycles. The number of ether oxygens (including phenoxy) is 1. The van der Waals surface area contributed by atoms with E-state index in [0.29, 0.717) is 32.5 Å². The Labute approximate surface area is 210 Å². The summed E-state index contributed by atoms with van der Waals surface area (Å²) in [5.74, 6) is 0.774. The molecule has 1 aromatic heterocycles. The van der Waals surface area contributed by atoms with E-state index in [0.717, 1.165) is 22.1 Å². The summed E-state index contributed by atoms with van der Waals surface area (Å²) < 4.78 is 9.84. The third-order valence-corrected chi connectivity index (χ3v) is 6.49. The molecule has 0 aliphatic rings. The standard InChI is InChI=1S/C28H30N4O2S/c1-34-20-19-32(28-29-25(31-35-28)21-22-11-5-2-6-12-22)18-17-26(33)30-27(23-13-7-3-8-14-23)24-15-9-4-10-16-24/h2-16,27H,17-21H2,1H3,(H,30,33). The number of carbonyl (C=O) groups is 1. The fourth-order valence-corrected chi connectivity index (χ4v) is 4.58. The molecule has 4 rings (SSSR count). The summed E-state index contributed by atoms with van der Waals surface area (Å²) in [6, 6.07) is 30.1. The molecular formula is C28H30N4O2S. The zero-order valence-electron chi connectivity index (χ0n) is 19.8. The SMILES string of the molecule is COCCN(CCC(=O)NC(c1ccccc1)c1ccccc1)c1nc(Cc2ccccc2)ns1.